The van der Waals surface area contributed by atoms with Crippen molar-refractivity contribution in [2.24, 2.45) is 5.92 Å². The maximum atomic E-state index is 11.9. The molecule has 0 spiro atoms. The third-order valence-corrected chi connectivity index (χ3v) is 2.94. The summed E-state index contributed by atoms with van der Waals surface area (Å²) < 4.78 is 4.72. The Kier molecular flexibility index (Phi) is 5.36. The topological polar surface area (TPSA) is 55.4 Å². The Morgan fingerprint density at radius 2 is 1.89 bits per heavy atom. The van der Waals surface area contributed by atoms with Gasteiger partial charge in [0.2, 0.25) is 0 Å². The van der Waals surface area contributed by atoms with Crippen LogP contribution in [0.5, 0.6) is 0 Å². The summed E-state index contributed by atoms with van der Waals surface area (Å²) in [7, 11) is 1.36. The largest absolute Gasteiger partial charge is 0.469 e. The van der Waals surface area contributed by atoms with Crippen molar-refractivity contribution in [1.82, 2.24) is 5.32 Å². The fourth-order valence-corrected chi connectivity index (χ4v) is 1.86. The number of carbonyl (C=O) groups excluding carboxylic acids is 2. The number of hydrogen-bond acceptors (Lipinski definition) is 3. The highest BCUT2D eigenvalue weighted by Gasteiger charge is 2.25. The summed E-state index contributed by atoms with van der Waals surface area (Å²) in [6.07, 6.45) is 0.628. The van der Waals surface area contributed by atoms with Crippen LogP contribution in [0.25, 0.3) is 0 Å². The fraction of sp³-hybridized carbons (Fsp3) is 0.429. The molecule has 0 heterocycles. The molecule has 0 saturated carbocycles. The zero-order chi connectivity index (χ0) is 13.5. The molecular formula is C14H19NO3. The molecule has 0 radical (unpaired) electrons. The van der Waals surface area contributed by atoms with Crippen LogP contribution in [0.2, 0.25) is 0 Å². The van der Waals surface area contributed by atoms with Gasteiger partial charge in [0.25, 0.3) is 5.91 Å². The summed E-state index contributed by atoms with van der Waals surface area (Å²) in [5, 5.41) is 2.82. The lowest BCUT2D eigenvalue weighted by Crippen LogP contribution is -2.41. The Hall–Kier alpha value is -1.84. The molecule has 1 amide bonds. The van der Waals surface area contributed by atoms with Crippen molar-refractivity contribution in [2.75, 3.05) is 7.11 Å². The Balaban J connectivity index is 2.66. The smallest absolute Gasteiger partial charge is 0.310 e. The first-order valence-corrected chi connectivity index (χ1v) is 6.03. The SMILES string of the molecule is CC[C@@H](C(=O)OC)[C@@H](C)NC(=O)c1ccccc1. The first-order chi connectivity index (χ1) is 8.60. The van der Waals surface area contributed by atoms with Gasteiger partial charge in [-0.1, -0.05) is 25.1 Å². The standard InChI is InChI=1S/C14H19NO3/c1-4-12(14(17)18-3)10(2)15-13(16)11-8-6-5-7-9-11/h5-10,12H,4H2,1-3H3,(H,15,16)/t10-,12-/m1/s1. The van der Waals surface area contributed by atoms with E-state index in [9.17, 15) is 9.59 Å². The minimum absolute atomic E-state index is 0.176. The van der Waals surface area contributed by atoms with Crippen molar-refractivity contribution in [3.63, 3.8) is 0 Å². The van der Waals surface area contributed by atoms with Crippen LogP contribution >= 0.6 is 0 Å². The highest BCUT2D eigenvalue weighted by atomic mass is 16.5. The number of methoxy groups -OCH3 is 1. The lowest BCUT2D eigenvalue weighted by atomic mass is 9.98. The van der Waals surface area contributed by atoms with Gasteiger partial charge in [0.05, 0.1) is 13.0 Å². The summed E-state index contributed by atoms with van der Waals surface area (Å²) in [5.41, 5.74) is 0.587. The van der Waals surface area contributed by atoms with E-state index in [1.165, 1.54) is 7.11 Å². The molecule has 98 valence electrons. The first-order valence-electron chi connectivity index (χ1n) is 6.03. The lowest BCUT2D eigenvalue weighted by Gasteiger charge is -2.21. The molecule has 0 aliphatic carbocycles. The van der Waals surface area contributed by atoms with Crippen molar-refractivity contribution in [1.29, 1.82) is 0 Å². The number of rotatable bonds is 5. The molecule has 0 aliphatic heterocycles. The zero-order valence-corrected chi connectivity index (χ0v) is 11.0. The number of benzene rings is 1. The number of esters is 1. The fourth-order valence-electron chi connectivity index (χ4n) is 1.86. The highest BCUT2D eigenvalue weighted by molar-refractivity contribution is 5.94. The van der Waals surface area contributed by atoms with Crippen LogP contribution in [0.15, 0.2) is 30.3 Å². The Labute approximate surface area is 107 Å². The monoisotopic (exact) mass is 249 g/mol. The van der Waals surface area contributed by atoms with E-state index in [4.69, 9.17) is 4.74 Å². The van der Waals surface area contributed by atoms with Gasteiger partial charge < -0.3 is 10.1 Å². The minimum Gasteiger partial charge on any atom is -0.469 e. The number of nitrogens with one attached hydrogen (secondary N) is 1. The molecule has 0 bridgehead atoms. The molecule has 1 aromatic rings. The maximum Gasteiger partial charge on any atom is 0.310 e. The van der Waals surface area contributed by atoms with E-state index in [-0.39, 0.29) is 23.8 Å². The van der Waals surface area contributed by atoms with Crippen molar-refractivity contribution in [2.45, 2.75) is 26.3 Å². The van der Waals surface area contributed by atoms with E-state index >= 15 is 0 Å². The van der Waals surface area contributed by atoms with Crippen LogP contribution in [-0.4, -0.2) is 25.0 Å². The summed E-state index contributed by atoms with van der Waals surface area (Å²) in [6, 6.07) is 8.68. The normalized spacial score (nSPS) is 13.5. The molecule has 1 rings (SSSR count). The van der Waals surface area contributed by atoms with Gasteiger partial charge in [-0.25, -0.2) is 0 Å². The molecule has 0 saturated heterocycles. The molecule has 18 heavy (non-hydrogen) atoms. The second-order valence-electron chi connectivity index (χ2n) is 4.17. The second kappa shape index (κ2) is 6.79. The van der Waals surface area contributed by atoms with Gasteiger partial charge in [0.15, 0.2) is 0 Å². The van der Waals surface area contributed by atoms with Gasteiger partial charge in [0.1, 0.15) is 0 Å². The van der Waals surface area contributed by atoms with Crippen molar-refractivity contribution >= 4 is 11.9 Å². The van der Waals surface area contributed by atoms with E-state index in [2.05, 4.69) is 5.32 Å². The molecule has 0 aliphatic rings. The van der Waals surface area contributed by atoms with E-state index in [0.29, 0.717) is 12.0 Å². The quantitative estimate of drug-likeness (QED) is 0.812. The van der Waals surface area contributed by atoms with Crippen LogP contribution in [-0.2, 0) is 9.53 Å². The van der Waals surface area contributed by atoms with E-state index < -0.39 is 0 Å². The highest BCUT2D eigenvalue weighted by Crippen LogP contribution is 2.11. The Morgan fingerprint density at radius 3 is 2.39 bits per heavy atom. The molecule has 0 aromatic heterocycles. The van der Waals surface area contributed by atoms with E-state index in [1.807, 2.05) is 19.9 Å². The van der Waals surface area contributed by atoms with Crippen LogP contribution in [0, 0.1) is 5.92 Å². The van der Waals surface area contributed by atoms with Gasteiger partial charge in [-0.3, -0.25) is 9.59 Å². The summed E-state index contributed by atoms with van der Waals surface area (Å²) in [4.78, 5) is 23.5. The average molecular weight is 249 g/mol. The van der Waals surface area contributed by atoms with E-state index in [1.54, 1.807) is 24.3 Å². The van der Waals surface area contributed by atoms with Gasteiger partial charge >= 0.3 is 5.97 Å². The molecule has 1 aromatic carbocycles. The predicted molar refractivity (Wildman–Crippen MR) is 69.2 cm³/mol. The molecule has 0 fully saturated rings. The van der Waals surface area contributed by atoms with E-state index in [0.717, 1.165) is 0 Å². The number of hydrogen-bond donors (Lipinski definition) is 1. The minimum atomic E-state index is -0.317. The Morgan fingerprint density at radius 1 is 1.28 bits per heavy atom. The van der Waals surface area contributed by atoms with Gasteiger partial charge in [-0.2, -0.15) is 0 Å². The van der Waals surface area contributed by atoms with Crippen LogP contribution in [0.4, 0.5) is 0 Å². The molecule has 1 N–H and O–H groups in total. The van der Waals surface area contributed by atoms with Crippen LogP contribution < -0.4 is 5.32 Å². The third-order valence-electron chi connectivity index (χ3n) is 2.94. The molecule has 4 nitrogen and oxygen atoms in total. The number of carbonyl (C=O) groups is 2. The number of ether oxygens (including phenoxy) is 1. The third kappa shape index (κ3) is 3.58. The molecule has 2 atom stereocenters. The summed E-state index contributed by atoms with van der Waals surface area (Å²) >= 11 is 0. The van der Waals surface area contributed by atoms with Crippen molar-refractivity contribution < 1.29 is 14.3 Å². The van der Waals surface area contributed by atoms with Gasteiger partial charge in [0, 0.05) is 11.6 Å². The van der Waals surface area contributed by atoms with Crippen molar-refractivity contribution in [3.05, 3.63) is 35.9 Å². The molecule has 0 unspecified atom stereocenters. The average Bonchev–Trinajstić information content (AvgIpc) is 2.40. The van der Waals surface area contributed by atoms with Gasteiger partial charge in [-0.15, -0.1) is 0 Å². The first kappa shape index (κ1) is 14.2. The van der Waals surface area contributed by atoms with Crippen LogP contribution in [0.1, 0.15) is 30.6 Å². The molecule has 4 heteroatoms. The summed E-state index contributed by atoms with van der Waals surface area (Å²) in [6.45, 7) is 3.71. The van der Waals surface area contributed by atoms with Crippen LogP contribution in [0.3, 0.4) is 0 Å². The second-order valence-corrected chi connectivity index (χ2v) is 4.17. The molecular weight excluding hydrogens is 230 g/mol. The zero-order valence-electron chi connectivity index (χ0n) is 11.0. The predicted octanol–water partition coefficient (Wildman–Crippen LogP) is 2.00. The van der Waals surface area contributed by atoms with Gasteiger partial charge in [-0.05, 0) is 25.5 Å². The maximum absolute atomic E-state index is 11.9. The van der Waals surface area contributed by atoms with Crippen molar-refractivity contribution in [3.8, 4) is 0 Å². The summed E-state index contributed by atoms with van der Waals surface area (Å²) in [5.74, 6) is -0.786. The number of amides is 1. The Bertz CT molecular complexity index is 403. The lowest BCUT2D eigenvalue weighted by molar-refractivity contribution is -0.146.